The highest BCUT2D eigenvalue weighted by atomic mass is 16.5. The predicted octanol–water partition coefficient (Wildman–Crippen LogP) is 3.69. The van der Waals surface area contributed by atoms with Crippen LogP contribution in [0.15, 0.2) is 12.1 Å². The average molecular weight is 247 g/mol. The van der Waals surface area contributed by atoms with Crippen LogP contribution in [0, 0.1) is 13.8 Å². The van der Waals surface area contributed by atoms with E-state index in [9.17, 15) is 0 Å². The monoisotopic (exact) mass is 247 g/mol. The minimum absolute atomic E-state index is 0.0559. The first-order chi connectivity index (χ1) is 8.58. The van der Waals surface area contributed by atoms with Crippen molar-refractivity contribution in [2.75, 3.05) is 13.7 Å². The third kappa shape index (κ3) is 2.39. The van der Waals surface area contributed by atoms with Crippen LogP contribution in [0.2, 0.25) is 0 Å². The van der Waals surface area contributed by atoms with Gasteiger partial charge in [0.1, 0.15) is 5.75 Å². The summed E-state index contributed by atoms with van der Waals surface area (Å²) >= 11 is 0. The Balaban J connectivity index is 2.45. The summed E-state index contributed by atoms with van der Waals surface area (Å²) in [6.45, 7) is 7.71. The molecule has 0 aromatic heterocycles. The molecule has 0 radical (unpaired) electrons. The van der Waals surface area contributed by atoms with Crippen molar-refractivity contribution in [1.82, 2.24) is 5.32 Å². The minimum Gasteiger partial charge on any atom is -0.496 e. The van der Waals surface area contributed by atoms with Gasteiger partial charge >= 0.3 is 0 Å². The molecule has 1 aliphatic heterocycles. The fraction of sp³-hybridized carbons (Fsp3) is 0.625. The van der Waals surface area contributed by atoms with Crippen molar-refractivity contribution in [3.63, 3.8) is 0 Å². The average Bonchev–Trinajstić information content (AvgIpc) is 2.58. The fourth-order valence-electron chi connectivity index (χ4n) is 2.95. The van der Waals surface area contributed by atoms with E-state index in [-0.39, 0.29) is 5.54 Å². The van der Waals surface area contributed by atoms with Crippen LogP contribution in [0.4, 0.5) is 0 Å². The van der Waals surface area contributed by atoms with Gasteiger partial charge in [0.2, 0.25) is 0 Å². The SMILES string of the molecule is COc1c(C2(C)CCCCCN2)ccc(C)c1C. The maximum absolute atomic E-state index is 5.68. The van der Waals surface area contributed by atoms with E-state index in [0.717, 1.165) is 12.3 Å². The van der Waals surface area contributed by atoms with Crippen molar-refractivity contribution in [1.29, 1.82) is 0 Å². The standard InChI is InChI=1S/C16H25NO/c1-12-8-9-14(15(18-4)13(12)2)16(3)10-6-5-7-11-17-16/h8-9,17H,5-7,10-11H2,1-4H3. The van der Waals surface area contributed by atoms with Gasteiger partial charge in [0.25, 0.3) is 0 Å². The number of nitrogens with one attached hydrogen (secondary N) is 1. The van der Waals surface area contributed by atoms with Gasteiger partial charge in [-0.05, 0) is 51.3 Å². The van der Waals surface area contributed by atoms with Crippen molar-refractivity contribution < 1.29 is 4.74 Å². The lowest BCUT2D eigenvalue weighted by Gasteiger charge is -2.32. The molecule has 2 rings (SSSR count). The Labute approximate surface area is 111 Å². The zero-order chi connectivity index (χ0) is 13.2. The number of hydrogen-bond acceptors (Lipinski definition) is 2. The second-order valence-corrected chi connectivity index (χ2v) is 5.66. The highest BCUT2D eigenvalue weighted by Crippen LogP contribution is 2.38. The molecule has 0 aliphatic carbocycles. The van der Waals surface area contributed by atoms with Gasteiger partial charge in [-0.25, -0.2) is 0 Å². The Morgan fingerprint density at radius 2 is 1.94 bits per heavy atom. The summed E-state index contributed by atoms with van der Waals surface area (Å²) in [5.41, 5.74) is 3.94. The van der Waals surface area contributed by atoms with Crippen LogP contribution in [0.1, 0.15) is 49.3 Å². The maximum Gasteiger partial charge on any atom is 0.127 e. The summed E-state index contributed by atoms with van der Waals surface area (Å²) in [7, 11) is 1.78. The van der Waals surface area contributed by atoms with Gasteiger partial charge in [0, 0.05) is 11.1 Å². The molecular formula is C16H25NO. The first-order valence-electron chi connectivity index (χ1n) is 6.98. The molecule has 1 N–H and O–H groups in total. The van der Waals surface area contributed by atoms with E-state index in [0.29, 0.717) is 0 Å². The molecule has 100 valence electrons. The quantitative estimate of drug-likeness (QED) is 0.860. The van der Waals surface area contributed by atoms with Gasteiger partial charge in [-0.15, -0.1) is 0 Å². The molecule has 0 spiro atoms. The maximum atomic E-state index is 5.68. The summed E-state index contributed by atoms with van der Waals surface area (Å²) in [6.07, 6.45) is 5.09. The van der Waals surface area contributed by atoms with Crippen LogP contribution in [-0.4, -0.2) is 13.7 Å². The topological polar surface area (TPSA) is 21.3 Å². The molecule has 1 unspecified atom stereocenters. The normalized spacial score (nSPS) is 24.7. The molecule has 1 aromatic carbocycles. The van der Waals surface area contributed by atoms with Gasteiger partial charge in [-0.3, -0.25) is 0 Å². The Morgan fingerprint density at radius 3 is 2.67 bits per heavy atom. The van der Waals surface area contributed by atoms with Crippen LogP contribution < -0.4 is 10.1 Å². The summed E-state index contributed by atoms with van der Waals surface area (Å²) in [5, 5.41) is 3.72. The lowest BCUT2D eigenvalue weighted by Crippen LogP contribution is -2.39. The van der Waals surface area contributed by atoms with Gasteiger partial charge in [0.15, 0.2) is 0 Å². The smallest absolute Gasteiger partial charge is 0.127 e. The van der Waals surface area contributed by atoms with E-state index in [2.05, 4.69) is 38.2 Å². The van der Waals surface area contributed by atoms with Gasteiger partial charge in [0.05, 0.1) is 7.11 Å². The van der Waals surface area contributed by atoms with E-state index < -0.39 is 0 Å². The Hall–Kier alpha value is -1.02. The van der Waals surface area contributed by atoms with Gasteiger partial charge < -0.3 is 10.1 Å². The van der Waals surface area contributed by atoms with E-state index >= 15 is 0 Å². The molecule has 0 saturated carbocycles. The van der Waals surface area contributed by atoms with Crippen molar-refractivity contribution in [2.45, 2.75) is 52.0 Å². The summed E-state index contributed by atoms with van der Waals surface area (Å²) in [5.74, 6) is 1.06. The number of hydrogen-bond donors (Lipinski definition) is 1. The van der Waals surface area contributed by atoms with Crippen molar-refractivity contribution >= 4 is 0 Å². The molecule has 1 heterocycles. The zero-order valence-corrected chi connectivity index (χ0v) is 12.1. The summed E-state index contributed by atoms with van der Waals surface area (Å²) in [4.78, 5) is 0. The van der Waals surface area contributed by atoms with E-state index in [1.807, 2.05) is 0 Å². The van der Waals surface area contributed by atoms with Crippen LogP contribution in [0.5, 0.6) is 5.75 Å². The van der Waals surface area contributed by atoms with Crippen molar-refractivity contribution in [3.05, 3.63) is 28.8 Å². The van der Waals surface area contributed by atoms with Crippen LogP contribution in [0.3, 0.4) is 0 Å². The molecule has 18 heavy (non-hydrogen) atoms. The second-order valence-electron chi connectivity index (χ2n) is 5.66. The van der Waals surface area contributed by atoms with E-state index in [4.69, 9.17) is 4.74 Å². The van der Waals surface area contributed by atoms with Crippen LogP contribution in [-0.2, 0) is 5.54 Å². The molecule has 1 atom stereocenters. The summed E-state index contributed by atoms with van der Waals surface area (Å²) < 4.78 is 5.68. The highest BCUT2D eigenvalue weighted by molar-refractivity contribution is 5.48. The minimum atomic E-state index is 0.0559. The van der Waals surface area contributed by atoms with E-state index in [1.165, 1.54) is 42.4 Å². The lowest BCUT2D eigenvalue weighted by molar-refractivity contribution is 0.330. The zero-order valence-electron chi connectivity index (χ0n) is 12.1. The predicted molar refractivity (Wildman–Crippen MR) is 76.3 cm³/mol. The highest BCUT2D eigenvalue weighted by Gasteiger charge is 2.30. The number of ether oxygens (including phenoxy) is 1. The molecule has 1 aromatic rings. The molecule has 1 saturated heterocycles. The van der Waals surface area contributed by atoms with Gasteiger partial charge in [-0.1, -0.05) is 25.0 Å². The number of aryl methyl sites for hydroxylation is 1. The second kappa shape index (κ2) is 5.31. The van der Waals surface area contributed by atoms with Crippen molar-refractivity contribution in [3.8, 4) is 5.75 Å². The fourth-order valence-corrected chi connectivity index (χ4v) is 2.95. The molecule has 2 heteroatoms. The molecule has 1 aliphatic rings. The summed E-state index contributed by atoms with van der Waals surface area (Å²) in [6, 6.07) is 4.45. The Bertz CT molecular complexity index is 417. The first kappa shape index (κ1) is 13.4. The first-order valence-corrected chi connectivity index (χ1v) is 6.98. The van der Waals surface area contributed by atoms with Crippen LogP contribution in [0.25, 0.3) is 0 Å². The molecule has 2 nitrogen and oxygen atoms in total. The third-order valence-corrected chi connectivity index (χ3v) is 4.34. The third-order valence-electron chi connectivity index (χ3n) is 4.34. The number of benzene rings is 1. The van der Waals surface area contributed by atoms with Crippen LogP contribution >= 0.6 is 0 Å². The Morgan fingerprint density at radius 1 is 1.17 bits per heavy atom. The lowest BCUT2D eigenvalue weighted by atomic mass is 9.85. The molecule has 0 amide bonds. The molecular weight excluding hydrogens is 222 g/mol. The molecule has 1 fully saturated rings. The largest absolute Gasteiger partial charge is 0.496 e. The number of methoxy groups -OCH3 is 1. The molecule has 0 bridgehead atoms. The number of rotatable bonds is 2. The van der Waals surface area contributed by atoms with Gasteiger partial charge in [-0.2, -0.15) is 0 Å². The van der Waals surface area contributed by atoms with E-state index in [1.54, 1.807) is 7.11 Å². The Kier molecular flexibility index (Phi) is 3.96. The van der Waals surface area contributed by atoms with Crippen molar-refractivity contribution in [2.24, 2.45) is 0 Å².